The molecule has 2 radical (unpaired) electrons. The third-order valence-electron chi connectivity index (χ3n) is 4.15. The summed E-state index contributed by atoms with van der Waals surface area (Å²) in [6, 6.07) is 0.359. The van der Waals surface area contributed by atoms with Gasteiger partial charge in [0.15, 0.2) is 0 Å². The Labute approximate surface area is 163 Å². The molecule has 1 aliphatic heterocycles. The van der Waals surface area contributed by atoms with E-state index in [0.717, 1.165) is 12.3 Å². The van der Waals surface area contributed by atoms with Crippen molar-refractivity contribution in [2.75, 3.05) is 24.5 Å². The first-order valence-corrected chi connectivity index (χ1v) is 8.84. The summed E-state index contributed by atoms with van der Waals surface area (Å²) in [5.74, 6) is 0.0506. The first-order valence-electron chi connectivity index (χ1n) is 8.84. The van der Waals surface area contributed by atoms with Crippen molar-refractivity contribution in [3.8, 4) is 0 Å². The molecule has 1 fully saturated rings. The molecule has 1 amide bonds. The first-order chi connectivity index (χ1) is 12.8. The van der Waals surface area contributed by atoms with E-state index in [-0.39, 0.29) is 43.1 Å². The van der Waals surface area contributed by atoms with Crippen molar-refractivity contribution < 1.29 is 27.5 Å². The number of hydrogen-bond acceptors (Lipinski definition) is 5. The molecule has 2 rings (SSSR count). The molecule has 1 saturated heterocycles. The number of carbonyl (C=O) groups excluding carboxylic acids is 2. The van der Waals surface area contributed by atoms with Gasteiger partial charge in [0, 0.05) is 32.3 Å². The Bertz CT molecular complexity index is 750. The van der Waals surface area contributed by atoms with Crippen LogP contribution in [0.5, 0.6) is 0 Å². The zero-order valence-electron chi connectivity index (χ0n) is 16.3. The molecular weight excluding hydrogens is 374 g/mol. The molecule has 28 heavy (non-hydrogen) atoms. The average Bonchev–Trinajstić information content (AvgIpc) is 2.52. The number of carbonyl (C=O) groups is 2. The van der Waals surface area contributed by atoms with Gasteiger partial charge in [-0.2, -0.15) is 13.2 Å². The lowest BCUT2D eigenvalue weighted by atomic mass is 9.93. The summed E-state index contributed by atoms with van der Waals surface area (Å²) in [6.45, 7) is 7.37. The van der Waals surface area contributed by atoms with Crippen molar-refractivity contribution in [2.24, 2.45) is 0 Å². The van der Waals surface area contributed by atoms with Crippen LogP contribution < -0.4 is 10.4 Å². The Hall–Kier alpha value is -2.26. The van der Waals surface area contributed by atoms with Gasteiger partial charge in [0.25, 0.3) is 0 Å². The fraction of sp³-hybridized carbons (Fsp3) is 0.611. The predicted octanol–water partition coefficient (Wildman–Crippen LogP) is 2.30. The van der Waals surface area contributed by atoms with Gasteiger partial charge in [0.2, 0.25) is 0 Å². The van der Waals surface area contributed by atoms with E-state index < -0.39 is 29.5 Å². The van der Waals surface area contributed by atoms with Crippen molar-refractivity contribution in [2.45, 2.75) is 51.9 Å². The monoisotopic (exact) mass is 397 g/mol. The number of aromatic nitrogens is 1. The van der Waals surface area contributed by atoms with Crippen LogP contribution in [0.25, 0.3) is 0 Å². The highest BCUT2D eigenvalue weighted by atomic mass is 19.4. The number of amides is 1. The molecule has 1 atom stereocenters. The SMILES string of the molecule is [B]c1cc(C(F)(F)F)cnc1N1CCN(C(=O)OC(C)(C)C)CC1CC(C)=O. The highest BCUT2D eigenvalue weighted by Gasteiger charge is 2.35. The minimum absolute atomic E-state index is 0.0987. The van der Waals surface area contributed by atoms with Gasteiger partial charge in [-0.05, 0) is 27.7 Å². The van der Waals surface area contributed by atoms with Crippen LogP contribution in [0, 0.1) is 0 Å². The third-order valence-corrected chi connectivity index (χ3v) is 4.15. The summed E-state index contributed by atoms with van der Waals surface area (Å²) < 4.78 is 43.9. The molecule has 0 saturated carbocycles. The number of hydrogen-bond donors (Lipinski definition) is 0. The molecule has 1 aliphatic rings. The topological polar surface area (TPSA) is 62.7 Å². The maximum atomic E-state index is 12.9. The van der Waals surface area contributed by atoms with Gasteiger partial charge in [-0.3, -0.25) is 4.79 Å². The number of rotatable bonds is 3. The van der Waals surface area contributed by atoms with Crippen molar-refractivity contribution in [3.63, 3.8) is 0 Å². The summed E-state index contributed by atoms with van der Waals surface area (Å²) in [6.07, 6.45) is -4.24. The van der Waals surface area contributed by atoms with Crippen LogP contribution >= 0.6 is 0 Å². The Morgan fingerprint density at radius 2 is 1.93 bits per heavy atom. The summed E-state index contributed by atoms with van der Waals surface area (Å²) >= 11 is 0. The molecule has 0 spiro atoms. The molecule has 1 unspecified atom stereocenters. The number of alkyl halides is 3. The van der Waals surface area contributed by atoms with Gasteiger partial charge < -0.3 is 14.5 Å². The van der Waals surface area contributed by atoms with Crippen LogP contribution in [-0.2, 0) is 15.7 Å². The lowest BCUT2D eigenvalue weighted by Gasteiger charge is -2.42. The number of pyridine rings is 1. The second-order valence-electron chi connectivity index (χ2n) is 7.81. The molecule has 10 heteroatoms. The Balaban J connectivity index is 2.25. The van der Waals surface area contributed by atoms with Crippen molar-refractivity contribution in [1.82, 2.24) is 9.88 Å². The van der Waals surface area contributed by atoms with Gasteiger partial charge in [-0.25, -0.2) is 9.78 Å². The van der Waals surface area contributed by atoms with Crippen LogP contribution in [0.1, 0.15) is 39.7 Å². The molecule has 1 aromatic rings. The zero-order valence-corrected chi connectivity index (χ0v) is 16.3. The summed E-state index contributed by atoms with van der Waals surface area (Å²) in [4.78, 5) is 31.1. The molecule has 0 aliphatic carbocycles. The van der Waals surface area contributed by atoms with E-state index in [1.807, 2.05) is 0 Å². The second kappa shape index (κ2) is 8.01. The van der Waals surface area contributed by atoms with Crippen LogP contribution in [0.4, 0.5) is 23.8 Å². The number of halogens is 3. The number of ketones is 1. The molecule has 2 heterocycles. The minimum atomic E-state index is -4.55. The zero-order chi connectivity index (χ0) is 21.3. The van der Waals surface area contributed by atoms with E-state index in [2.05, 4.69) is 4.98 Å². The van der Waals surface area contributed by atoms with E-state index in [4.69, 9.17) is 12.6 Å². The normalized spacial score (nSPS) is 18.2. The van der Waals surface area contributed by atoms with Crippen LogP contribution in [0.3, 0.4) is 0 Å². The van der Waals surface area contributed by atoms with E-state index >= 15 is 0 Å². The number of piperazine rings is 1. The van der Waals surface area contributed by atoms with Gasteiger partial charge in [-0.1, -0.05) is 11.5 Å². The van der Waals surface area contributed by atoms with Crippen molar-refractivity contribution in [1.29, 1.82) is 0 Å². The highest BCUT2D eigenvalue weighted by Crippen LogP contribution is 2.29. The molecule has 152 valence electrons. The maximum absolute atomic E-state index is 12.9. The smallest absolute Gasteiger partial charge is 0.417 e. The fourth-order valence-corrected chi connectivity index (χ4v) is 3.00. The van der Waals surface area contributed by atoms with Crippen molar-refractivity contribution >= 4 is 31.0 Å². The van der Waals surface area contributed by atoms with Crippen LogP contribution in [0.2, 0.25) is 0 Å². The summed E-state index contributed by atoms with van der Waals surface area (Å²) in [5.41, 5.74) is -1.73. The molecule has 1 aromatic heterocycles. The molecular formula is C18H23BF3N3O3. The number of ether oxygens (including phenoxy) is 1. The Kier molecular flexibility index (Phi) is 6.30. The summed E-state index contributed by atoms with van der Waals surface area (Å²) in [7, 11) is 5.83. The number of Topliss-reactive ketones (excluding diaryl/α,β-unsaturated/α-hetero) is 1. The lowest BCUT2D eigenvalue weighted by Crippen LogP contribution is -2.57. The van der Waals surface area contributed by atoms with E-state index in [9.17, 15) is 22.8 Å². The number of anilines is 1. The molecule has 0 bridgehead atoms. The average molecular weight is 397 g/mol. The highest BCUT2D eigenvalue weighted by molar-refractivity contribution is 6.35. The number of nitrogens with zero attached hydrogens (tertiary/aromatic N) is 3. The maximum Gasteiger partial charge on any atom is 0.417 e. The Morgan fingerprint density at radius 3 is 2.43 bits per heavy atom. The Morgan fingerprint density at radius 1 is 1.29 bits per heavy atom. The minimum Gasteiger partial charge on any atom is -0.444 e. The van der Waals surface area contributed by atoms with Gasteiger partial charge in [-0.15, -0.1) is 0 Å². The van der Waals surface area contributed by atoms with E-state index in [1.54, 1.807) is 25.7 Å². The van der Waals surface area contributed by atoms with Crippen LogP contribution in [0.15, 0.2) is 12.3 Å². The summed E-state index contributed by atoms with van der Waals surface area (Å²) in [5, 5.41) is 0. The third kappa shape index (κ3) is 5.62. The van der Waals surface area contributed by atoms with Crippen LogP contribution in [-0.4, -0.2) is 60.9 Å². The largest absolute Gasteiger partial charge is 0.444 e. The first kappa shape index (κ1) is 22.0. The lowest BCUT2D eigenvalue weighted by molar-refractivity contribution is -0.137. The fourth-order valence-electron chi connectivity index (χ4n) is 3.00. The van der Waals surface area contributed by atoms with E-state index in [0.29, 0.717) is 0 Å². The van der Waals surface area contributed by atoms with Crippen molar-refractivity contribution in [3.05, 3.63) is 17.8 Å². The van der Waals surface area contributed by atoms with Gasteiger partial charge in [0.05, 0.1) is 11.6 Å². The van der Waals surface area contributed by atoms with E-state index in [1.165, 1.54) is 11.8 Å². The molecule has 0 N–H and O–H groups in total. The quantitative estimate of drug-likeness (QED) is 0.733. The van der Waals surface area contributed by atoms with Gasteiger partial charge in [0.1, 0.15) is 25.0 Å². The molecule has 0 aromatic carbocycles. The predicted molar refractivity (Wildman–Crippen MR) is 98.9 cm³/mol. The molecule has 6 nitrogen and oxygen atoms in total. The van der Waals surface area contributed by atoms with Gasteiger partial charge >= 0.3 is 12.3 Å². The standard InChI is InChI=1S/C18H23BF3N3O3/c1-11(26)7-13-10-24(16(27)28-17(2,3)4)5-6-25(13)15-14(19)8-12(9-23-15)18(20,21)22/h8-9,13H,5-7,10H2,1-4H3. The second-order valence-corrected chi connectivity index (χ2v) is 7.81.